The normalized spacial score (nSPS) is 23.3. The first-order valence-corrected chi connectivity index (χ1v) is 7.97. The third-order valence-electron chi connectivity index (χ3n) is 4.27. The van der Waals surface area contributed by atoms with Crippen molar-refractivity contribution in [1.29, 1.82) is 0 Å². The van der Waals surface area contributed by atoms with Crippen molar-refractivity contribution in [1.82, 2.24) is 0 Å². The van der Waals surface area contributed by atoms with E-state index in [4.69, 9.17) is 0 Å². The zero-order chi connectivity index (χ0) is 12.7. The molecule has 0 aromatic rings. The van der Waals surface area contributed by atoms with Gasteiger partial charge in [-0.3, -0.25) is 0 Å². The van der Waals surface area contributed by atoms with Crippen LogP contribution in [0.15, 0.2) is 0 Å². The van der Waals surface area contributed by atoms with Crippen LogP contribution in [-0.4, -0.2) is 0 Å². The van der Waals surface area contributed by atoms with Crippen LogP contribution in [0.1, 0.15) is 91.9 Å². The molecule has 0 N–H and O–H groups in total. The van der Waals surface area contributed by atoms with Crippen LogP contribution in [0.4, 0.5) is 0 Å². The summed E-state index contributed by atoms with van der Waals surface area (Å²) in [6.07, 6.45) is 14.8. The lowest BCUT2D eigenvalue weighted by molar-refractivity contribution is 0.240. The maximum Gasteiger partial charge on any atom is -0.0380 e. The van der Waals surface area contributed by atoms with Crippen LogP contribution < -0.4 is 0 Å². The summed E-state index contributed by atoms with van der Waals surface area (Å²) in [5.41, 5.74) is 0.558. The van der Waals surface area contributed by atoms with E-state index in [0.717, 1.165) is 11.8 Å². The molecule has 0 unspecified atom stereocenters. The van der Waals surface area contributed by atoms with Crippen LogP contribution in [0.5, 0.6) is 0 Å². The lowest BCUT2D eigenvalue weighted by Crippen LogP contribution is -2.15. The minimum Gasteiger partial charge on any atom is -0.0625 e. The van der Waals surface area contributed by atoms with Gasteiger partial charge < -0.3 is 0 Å². The average molecular weight is 238 g/mol. The van der Waals surface area contributed by atoms with Gasteiger partial charge in [0.25, 0.3) is 0 Å². The fourth-order valence-corrected chi connectivity index (χ4v) is 3.39. The Hall–Kier alpha value is 0. The minimum atomic E-state index is 0.558. The molecule has 0 spiro atoms. The van der Waals surface area contributed by atoms with Crippen molar-refractivity contribution in [3.05, 3.63) is 0 Å². The van der Waals surface area contributed by atoms with Crippen molar-refractivity contribution in [3.8, 4) is 0 Å². The molecule has 2 aliphatic rings. The van der Waals surface area contributed by atoms with Crippen LogP contribution in [0.3, 0.4) is 0 Å². The van der Waals surface area contributed by atoms with E-state index in [1.165, 1.54) is 64.2 Å². The molecule has 102 valence electrons. The van der Waals surface area contributed by atoms with Crippen molar-refractivity contribution in [2.45, 2.75) is 91.9 Å². The third-order valence-corrected chi connectivity index (χ3v) is 4.27. The highest BCUT2D eigenvalue weighted by Gasteiger charge is 2.20. The zero-order valence-corrected chi connectivity index (χ0v) is 12.7. The first-order valence-electron chi connectivity index (χ1n) is 7.97. The molecule has 0 heteroatoms. The van der Waals surface area contributed by atoms with Crippen molar-refractivity contribution < 1.29 is 0 Å². The van der Waals surface area contributed by atoms with Crippen LogP contribution in [0, 0.1) is 17.3 Å². The average Bonchev–Trinajstić information content (AvgIpc) is 2.69. The largest absolute Gasteiger partial charge is 0.0625 e. The molecular formula is C17H34. The van der Waals surface area contributed by atoms with Gasteiger partial charge in [-0.1, -0.05) is 85.5 Å². The predicted molar refractivity (Wildman–Crippen MR) is 78.3 cm³/mol. The van der Waals surface area contributed by atoms with Gasteiger partial charge in [0.15, 0.2) is 0 Å². The summed E-state index contributed by atoms with van der Waals surface area (Å²) in [6, 6.07) is 0. The molecule has 0 nitrogen and oxygen atoms in total. The van der Waals surface area contributed by atoms with Gasteiger partial charge >= 0.3 is 0 Å². The molecule has 0 bridgehead atoms. The molecule has 0 aromatic heterocycles. The molecule has 0 radical (unpaired) electrons. The second-order valence-electron chi connectivity index (χ2n) is 7.66. The van der Waals surface area contributed by atoms with Crippen molar-refractivity contribution >= 4 is 0 Å². The van der Waals surface area contributed by atoms with Gasteiger partial charge in [-0.15, -0.1) is 0 Å². The molecule has 0 saturated heterocycles. The smallest absolute Gasteiger partial charge is 0.0380 e. The Bertz CT molecular complexity index is 175. The molecule has 2 rings (SSSR count). The Kier molecular flexibility index (Phi) is 6.59. The highest BCUT2D eigenvalue weighted by atomic mass is 14.3. The Morgan fingerprint density at radius 3 is 1.59 bits per heavy atom. The van der Waals surface area contributed by atoms with Gasteiger partial charge in [0, 0.05) is 0 Å². The fourth-order valence-electron chi connectivity index (χ4n) is 3.39. The number of hydrogen-bond donors (Lipinski definition) is 0. The molecule has 2 saturated carbocycles. The monoisotopic (exact) mass is 238 g/mol. The summed E-state index contributed by atoms with van der Waals surface area (Å²) in [6.45, 7) is 9.43. The van der Waals surface area contributed by atoms with Crippen molar-refractivity contribution in [2.24, 2.45) is 17.3 Å². The van der Waals surface area contributed by atoms with E-state index in [1.54, 1.807) is 0 Å². The summed E-state index contributed by atoms with van der Waals surface area (Å²) >= 11 is 0. The third kappa shape index (κ3) is 7.84. The zero-order valence-electron chi connectivity index (χ0n) is 12.7. The topological polar surface area (TPSA) is 0 Å². The Morgan fingerprint density at radius 2 is 1.24 bits per heavy atom. The SMILES string of the molecule is CC(C)(C)CC1CCCCC1.CC1CCCC1. The molecule has 2 aliphatic carbocycles. The van der Waals surface area contributed by atoms with E-state index in [-0.39, 0.29) is 0 Å². The second-order valence-corrected chi connectivity index (χ2v) is 7.66. The molecule has 0 aromatic carbocycles. The molecule has 0 amide bonds. The van der Waals surface area contributed by atoms with Crippen LogP contribution >= 0.6 is 0 Å². The standard InChI is InChI=1S/C11H22.C6H12/c1-11(2,3)9-10-7-5-4-6-8-10;1-6-4-2-3-5-6/h10H,4-9H2,1-3H3;6H,2-5H2,1H3. The van der Waals surface area contributed by atoms with E-state index in [1.807, 2.05) is 0 Å². The summed E-state index contributed by atoms with van der Waals surface area (Å²) in [5, 5.41) is 0. The predicted octanol–water partition coefficient (Wildman–Crippen LogP) is 6.20. The van der Waals surface area contributed by atoms with Crippen LogP contribution in [0.25, 0.3) is 0 Å². The minimum absolute atomic E-state index is 0.558. The quantitative estimate of drug-likeness (QED) is 0.510. The summed E-state index contributed by atoms with van der Waals surface area (Å²) in [7, 11) is 0. The van der Waals surface area contributed by atoms with E-state index >= 15 is 0 Å². The van der Waals surface area contributed by atoms with Gasteiger partial charge in [-0.05, 0) is 23.7 Å². The fraction of sp³-hybridized carbons (Fsp3) is 1.00. The number of hydrogen-bond acceptors (Lipinski definition) is 0. The van der Waals surface area contributed by atoms with E-state index in [9.17, 15) is 0 Å². The van der Waals surface area contributed by atoms with Gasteiger partial charge in [-0.2, -0.15) is 0 Å². The summed E-state index contributed by atoms with van der Waals surface area (Å²) < 4.78 is 0. The summed E-state index contributed by atoms with van der Waals surface area (Å²) in [4.78, 5) is 0. The Balaban J connectivity index is 0.000000202. The van der Waals surface area contributed by atoms with Gasteiger partial charge in [-0.25, -0.2) is 0 Å². The Morgan fingerprint density at radius 1 is 0.765 bits per heavy atom. The van der Waals surface area contributed by atoms with Crippen molar-refractivity contribution in [3.63, 3.8) is 0 Å². The molecular weight excluding hydrogens is 204 g/mol. The highest BCUT2D eigenvalue weighted by molar-refractivity contribution is 4.72. The van der Waals surface area contributed by atoms with Crippen LogP contribution in [-0.2, 0) is 0 Å². The van der Waals surface area contributed by atoms with Gasteiger partial charge in [0.05, 0.1) is 0 Å². The van der Waals surface area contributed by atoms with E-state index in [2.05, 4.69) is 27.7 Å². The molecule has 0 atom stereocenters. The van der Waals surface area contributed by atoms with Crippen molar-refractivity contribution in [2.75, 3.05) is 0 Å². The number of rotatable bonds is 1. The first kappa shape index (κ1) is 15.1. The van der Waals surface area contributed by atoms with Crippen LogP contribution in [0.2, 0.25) is 0 Å². The maximum atomic E-state index is 2.36. The molecule has 17 heavy (non-hydrogen) atoms. The molecule has 0 heterocycles. The lowest BCUT2D eigenvalue weighted by atomic mass is 9.78. The van der Waals surface area contributed by atoms with Gasteiger partial charge in [0.2, 0.25) is 0 Å². The highest BCUT2D eigenvalue weighted by Crippen LogP contribution is 2.33. The lowest BCUT2D eigenvalue weighted by Gasteiger charge is -2.28. The van der Waals surface area contributed by atoms with E-state index < -0.39 is 0 Å². The maximum absolute atomic E-state index is 2.36. The second kappa shape index (κ2) is 7.44. The molecule has 0 aliphatic heterocycles. The first-order chi connectivity index (χ1) is 7.97. The summed E-state index contributed by atoms with van der Waals surface area (Å²) in [5.74, 6) is 2.09. The van der Waals surface area contributed by atoms with Gasteiger partial charge in [0.1, 0.15) is 0 Å². The van der Waals surface area contributed by atoms with E-state index in [0.29, 0.717) is 5.41 Å². The Labute approximate surface area is 110 Å². The molecule has 2 fully saturated rings.